The van der Waals surface area contributed by atoms with Crippen LogP contribution in [0, 0.1) is 5.92 Å². The molecule has 0 spiro atoms. The number of nitrogens with zero attached hydrogens (tertiary/aromatic N) is 2. The summed E-state index contributed by atoms with van der Waals surface area (Å²) in [6.07, 6.45) is 9.35. The van der Waals surface area contributed by atoms with Crippen molar-refractivity contribution in [1.82, 2.24) is 9.97 Å². The summed E-state index contributed by atoms with van der Waals surface area (Å²) in [5, 5.41) is 3.19. The molecule has 0 bridgehead atoms. The van der Waals surface area contributed by atoms with E-state index in [1.807, 2.05) is 6.07 Å². The predicted octanol–water partition coefficient (Wildman–Crippen LogP) is 3.65. The average Bonchev–Trinajstić information content (AvgIpc) is 2.46. The summed E-state index contributed by atoms with van der Waals surface area (Å²) in [7, 11) is 0. The monoisotopic (exact) mass is 263 g/mol. The van der Waals surface area contributed by atoms with Crippen LogP contribution in [0.5, 0.6) is 5.88 Å². The van der Waals surface area contributed by atoms with E-state index >= 15 is 0 Å². The van der Waals surface area contributed by atoms with Gasteiger partial charge in [-0.1, -0.05) is 26.7 Å². The second kappa shape index (κ2) is 7.31. The molecule has 1 aliphatic carbocycles. The first-order chi connectivity index (χ1) is 9.31. The van der Waals surface area contributed by atoms with Gasteiger partial charge in [0.05, 0.1) is 0 Å². The molecule has 2 atom stereocenters. The van der Waals surface area contributed by atoms with Crippen LogP contribution in [0.2, 0.25) is 0 Å². The first-order valence-electron chi connectivity index (χ1n) is 7.55. The number of ether oxygens (including phenoxy) is 1. The van der Waals surface area contributed by atoms with E-state index in [0.717, 1.165) is 31.7 Å². The maximum absolute atomic E-state index is 6.02. The first kappa shape index (κ1) is 14.1. The summed E-state index contributed by atoms with van der Waals surface area (Å²) in [5.41, 5.74) is 0. The fourth-order valence-corrected chi connectivity index (χ4v) is 2.62. The Morgan fingerprint density at radius 2 is 2.26 bits per heavy atom. The Labute approximate surface area is 116 Å². The third-order valence-electron chi connectivity index (χ3n) is 3.76. The lowest BCUT2D eigenvalue weighted by Gasteiger charge is -2.28. The molecule has 2 unspecified atom stereocenters. The lowest BCUT2D eigenvalue weighted by molar-refractivity contribution is 0.117. The summed E-state index contributed by atoms with van der Waals surface area (Å²) in [5.74, 6) is 2.19. The van der Waals surface area contributed by atoms with Gasteiger partial charge in [-0.2, -0.15) is 4.98 Å². The van der Waals surface area contributed by atoms with Gasteiger partial charge in [-0.05, 0) is 31.6 Å². The van der Waals surface area contributed by atoms with E-state index < -0.39 is 0 Å². The largest absolute Gasteiger partial charge is 0.474 e. The van der Waals surface area contributed by atoms with Gasteiger partial charge in [-0.15, -0.1) is 0 Å². The van der Waals surface area contributed by atoms with Crippen molar-refractivity contribution < 1.29 is 4.74 Å². The van der Waals surface area contributed by atoms with Crippen LogP contribution in [0.25, 0.3) is 0 Å². The molecule has 19 heavy (non-hydrogen) atoms. The molecule has 1 aliphatic rings. The molecule has 0 saturated heterocycles. The first-order valence-corrected chi connectivity index (χ1v) is 7.55. The van der Waals surface area contributed by atoms with E-state index in [-0.39, 0.29) is 0 Å². The molecule has 0 amide bonds. The minimum atomic E-state index is 0.327. The second-order valence-electron chi connectivity index (χ2n) is 5.33. The van der Waals surface area contributed by atoms with Gasteiger partial charge in [0.1, 0.15) is 6.10 Å². The molecule has 0 aromatic carbocycles. The Bertz CT molecular complexity index is 383. The molecule has 1 aromatic heterocycles. The second-order valence-corrected chi connectivity index (χ2v) is 5.33. The van der Waals surface area contributed by atoms with Crippen LogP contribution in [-0.4, -0.2) is 22.6 Å². The van der Waals surface area contributed by atoms with Crippen molar-refractivity contribution in [2.75, 3.05) is 11.9 Å². The zero-order valence-electron chi connectivity index (χ0n) is 12.1. The van der Waals surface area contributed by atoms with Gasteiger partial charge in [-0.3, -0.25) is 0 Å². The van der Waals surface area contributed by atoms with Gasteiger partial charge in [0.2, 0.25) is 11.8 Å². The molecule has 0 radical (unpaired) electrons. The number of hydrogen-bond donors (Lipinski definition) is 1. The number of anilines is 1. The summed E-state index contributed by atoms with van der Waals surface area (Å²) < 4.78 is 6.02. The van der Waals surface area contributed by atoms with Crippen molar-refractivity contribution >= 4 is 5.95 Å². The van der Waals surface area contributed by atoms with Gasteiger partial charge >= 0.3 is 0 Å². The molecule has 4 heteroatoms. The van der Waals surface area contributed by atoms with Crippen molar-refractivity contribution in [2.45, 2.75) is 58.5 Å². The van der Waals surface area contributed by atoms with E-state index in [2.05, 4.69) is 29.1 Å². The van der Waals surface area contributed by atoms with Crippen LogP contribution in [0.1, 0.15) is 52.4 Å². The Kier molecular flexibility index (Phi) is 5.43. The molecular formula is C15H25N3O. The fraction of sp³-hybridized carbons (Fsp3) is 0.733. The smallest absolute Gasteiger partial charge is 0.225 e. The van der Waals surface area contributed by atoms with E-state index in [0.29, 0.717) is 17.9 Å². The van der Waals surface area contributed by atoms with E-state index in [1.54, 1.807) is 6.20 Å². The molecule has 2 rings (SSSR count). The molecular weight excluding hydrogens is 238 g/mol. The Hall–Kier alpha value is -1.32. The zero-order chi connectivity index (χ0) is 13.5. The highest BCUT2D eigenvalue weighted by Crippen LogP contribution is 2.29. The third kappa shape index (κ3) is 4.37. The normalized spacial score (nSPS) is 23.1. The maximum atomic E-state index is 6.02. The SMILES string of the molecule is CCCNc1nccc(OC2CCCC(CC)C2)n1. The molecule has 1 heterocycles. The van der Waals surface area contributed by atoms with Gasteiger partial charge in [0, 0.05) is 18.8 Å². The minimum Gasteiger partial charge on any atom is -0.474 e. The highest BCUT2D eigenvalue weighted by Gasteiger charge is 2.22. The molecule has 0 aliphatic heterocycles. The van der Waals surface area contributed by atoms with E-state index in [9.17, 15) is 0 Å². The quantitative estimate of drug-likeness (QED) is 0.851. The topological polar surface area (TPSA) is 47.0 Å². The van der Waals surface area contributed by atoms with Crippen LogP contribution < -0.4 is 10.1 Å². The fourth-order valence-electron chi connectivity index (χ4n) is 2.62. The summed E-state index contributed by atoms with van der Waals surface area (Å²) in [6.45, 7) is 5.29. The highest BCUT2D eigenvalue weighted by atomic mass is 16.5. The van der Waals surface area contributed by atoms with Crippen LogP contribution in [-0.2, 0) is 0 Å². The standard InChI is InChI=1S/C15H25N3O/c1-3-9-16-15-17-10-8-14(18-15)19-13-7-5-6-12(4-2)11-13/h8,10,12-13H,3-7,9,11H2,1-2H3,(H,16,17,18). The number of aromatic nitrogens is 2. The lowest BCUT2D eigenvalue weighted by Crippen LogP contribution is -2.25. The lowest BCUT2D eigenvalue weighted by atomic mass is 9.85. The van der Waals surface area contributed by atoms with Crippen molar-refractivity contribution in [3.8, 4) is 5.88 Å². The number of rotatable bonds is 6. The maximum Gasteiger partial charge on any atom is 0.225 e. The van der Waals surface area contributed by atoms with Gasteiger partial charge in [0.15, 0.2) is 0 Å². The number of hydrogen-bond acceptors (Lipinski definition) is 4. The predicted molar refractivity (Wildman–Crippen MR) is 77.5 cm³/mol. The molecule has 4 nitrogen and oxygen atoms in total. The van der Waals surface area contributed by atoms with Gasteiger partial charge < -0.3 is 10.1 Å². The molecule has 1 fully saturated rings. The molecule has 106 valence electrons. The van der Waals surface area contributed by atoms with E-state index in [1.165, 1.54) is 19.3 Å². The summed E-state index contributed by atoms with van der Waals surface area (Å²) >= 11 is 0. The Balaban J connectivity index is 1.90. The number of nitrogens with one attached hydrogen (secondary N) is 1. The molecule has 1 aromatic rings. The average molecular weight is 263 g/mol. The highest BCUT2D eigenvalue weighted by molar-refractivity contribution is 5.27. The van der Waals surface area contributed by atoms with Crippen molar-refractivity contribution in [3.05, 3.63) is 12.3 Å². The van der Waals surface area contributed by atoms with Crippen molar-refractivity contribution in [2.24, 2.45) is 5.92 Å². The van der Waals surface area contributed by atoms with Gasteiger partial charge in [0.25, 0.3) is 0 Å². The van der Waals surface area contributed by atoms with Crippen LogP contribution in [0.3, 0.4) is 0 Å². The Morgan fingerprint density at radius 3 is 3.05 bits per heavy atom. The van der Waals surface area contributed by atoms with Crippen molar-refractivity contribution in [1.29, 1.82) is 0 Å². The summed E-state index contributed by atoms with van der Waals surface area (Å²) in [6, 6.07) is 1.85. The van der Waals surface area contributed by atoms with Crippen LogP contribution in [0.15, 0.2) is 12.3 Å². The van der Waals surface area contributed by atoms with Crippen LogP contribution in [0.4, 0.5) is 5.95 Å². The minimum absolute atomic E-state index is 0.327. The van der Waals surface area contributed by atoms with Crippen molar-refractivity contribution in [3.63, 3.8) is 0 Å². The molecule has 1 N–H and O–H groups in total. The summed E-state index contributed by atoms with van der Waals surface area (Å²) in [4.78, 5) is 8.61. The third-order valence-corrected chi connectivity index (χ3v) is 3.76. The zero-order valence-corrected chi connectivity index (χ0v) is 12.1. The van der Waals surface area contributed by atoms with E-state index in [4.69, 9.17) is 4.74 Å². The van der Waals surface area contributed by atoms with Gasteiger partial charge in [-0.25, -0.2) is 4.98 Å². The van der Waals surface area contributed by atoms with Crippen LogP contribution >= 0.6 is 0 Å². The Morgan fingerprint density at radius 1 is 1.37 bits per heavy atom. The molecule has 1 saturated carbocycles.